The molecular weight excluding hydrogens is 414 g/mol. The Morgan fingerprint density at radius 1 is 0.939 bits per heavy atom. The molecule has 0 fully saturated rings. The third-order valence-corrected chi connectivity index (χ3v) is 6.24. The molecule has 3 aromatic carbocycles. The number of nitrogens with one attached hydrogen (secondary N) is 1. The molecule has 1 aliphatic carbocycles. The van der Waals surface area contributed by atoms with Gasteiger partial charge in [0.05, 0.1) is 6.04 Å². The summed E-state index contributed by atoms with van der Waals surface area (Å²) in [7, 11) is 0. The smallest absolute Gasteiger partial charge is 0.341 e. The maximum atomic E-state index is 12.9. The fraction of sp³-hybridized carbons (Fsp3) is 0.286. The molecule has 3 aromatic rings. The molecule has 0 heterocycles. The Hall–Kier alpha value is -3.60. The predicted molar refractivity (Wildman–Crippen MR) is 127 cm³/mol. The summed E-state index contributed by atoms with van der Waals surface area (Å²) in [6.07, 6.45) is 3.99. The average Bonchev–Trinajstić information content (AvgIpc) is 2.85. The number of hydrogen-bond acceptors (Lipinski definition) is 3. The first-order chi connectivity index (χ1) is 16.1. The molecule has 1 unspecified atom stereocenters. The number of ether oxygens (including phenoxy) is 1. The van der Waals surface area contributed by atoms with Crippen molar-refractivity contribution in [1.29, 1.82) is 0 Å². The number of fused-ring (bicyclic) bond motifs is 1. The minimum Gasteiger partial charge on any atom is -0.482 e. The second kappa shape index (κ2) is 10.8. The van der Waals surface area contributed by atoms with Gasteiger partial charge in [-0.2, -0.15) is 0 Å². The summed E-state index contributed by atoms with van der Waals surface area (Å²) < 4.78 is 5.46. The quantitative estimate of drug-likeness (QED) is 0.491. The van der Waals surface area contributed by atoms with Crippen LogP contribution in [0.1, 0.15) is 47.6 Å². The topological polar surface area (TPSA) is 75.6 Å². The van der Waals surface area contributed by atoms with Gasteiger partial charge in [0.1, 0.15) is 5.75 Å². The van der Waals surface area contributed by atoms with E-state index in [4.69, 9.17) is 9.84 Å². The van der Waals surface area contributed by atoms with E-state index in [2.05, 4.69) is 11.4 Å². The fourth-order valence-electron chi connectivity index (χ4n) is 4.59. The summed E-state index contributed by atoms with van der Waals surface area (Å²) in [6, 6.07) is 25.8. The third kappa shape index (κ3) is 6.01. The minimum absolute atomic E-state index is 0.0528. The summed E-state index contributed by atoms with van der Waals surface area (Å²) in [5, 5.41) is 12.1. The van der Waals surface area contributed by atoms with Crippen molar-refractivity contribution in [3.63, 3.8) is 0 Å². The molecule has 0 bridgehead atoms. The first kappa shape index (κ1) is 22.6. The summed E-state index contributed by atoms with van der Waals surface area (Å²) in [5.41, 5.74) is 4.43. The van der Waals surface area contributed by atoms with E-state index in [-0.39, 0.29) is 18.6 Å². The molecule has 0 aliphatic heterocycles. The van der Waals surface area contributed by atoms with Gasteiger partial charge in [-0.15, -0.1) is 0 Å². The van der Waals surface area contributed by atoms with Gasteiger partial charge in [-0.25, -0.2) is 4.79 Å². The highest BCUT2D eigenvalue weighted by Crippen LogP contribution is 2.34. The lowest BCUT2D eigenvalue weighted by atomic mass is 9.81. The van der Waals surface area contributed by atoms with Crippen LogP contribution in [0.4, 0.5) is 0 Å². The van der Waals surface area contributed by atoms with E-state index < -0.39 is 5.97 Å². The number of benzene rings is 3. The average molecular weight is 444 g/mol. The zero-order chi connectivity index (χ0) is 23.0. The molecule has 1 amide bonds. The Morgan fingerprint density at radius 3 is 2.24 bits per heavy atom. The standard InChI is InChI=1S/C28H29NO4/c30-26(29-28(21-8-3-1-4-9-21)22-10-5-2-6-11-22)17-15-20-14-16-24-23(18-20)12-7-13-25(24)33-19-27(31)32/h1-13,20,28H,14-19H2,(H,29,30)(H,31,32). The molecule has 0 saturated heterocycles. The molecule has 0 spiro atoms. The highest BCUT2D eigenvalue weighted by Gasteiger charge is 2.23. The fourth-order valence-corrected chi connectivity index (χ4v) is 4.59. The highest BCUT2D eigenvalue weighted by atomic mass is 16.5. The van der Waals surface area contributed by atoms with E-state index in [1.165, 1.54) is 5.56 Å². The number of carbonyl (C=O) groups excluding carboxylic acids is 1. The lowest BCUT2D eigenvalue weighted by Gasteiger charge is -2.26. The second-order valence-electron chi connectivity index (χ2n) is 8.55. The second-order valence-corrected chi connectivity index (χ2v) is 8.55. The van der Waals surface area contributed by atoms with Crippen LogP contribution < -0.4 is 10.1 Å². The van der Waals surface area contributed by atoms with Gasteiger partial charge in [0.15, 0.2) is 6.61 Å². The van der Waals surface area contributed by atoms with Crippen molar-refractivity contribution < 1.29 is 19.4 Å². The van der Waals surface area contributed by atoms with E-state index in [0.717, 1.165) is 42.4 Å². The van der Waals surface area contributed by atoms with Crippen molar-refractivity contribution in [1.82, 2.24) is 5.32 Å². The lowest BCUT2D eigenvalue weighted by molar-refractivity contribution is -0.139. The molecule has 0 aromatic heterocycles. The Bertz CT molecular complexity index is 1040. The van der Waals surface area contributed by atoms with E-state index >= 15 is 0 Å². The van der Waals surface area contributed by atoms with Crippen LogP contribution in [0.2, 0.25) is 0 Å². The van der Waals surface area contributed by atoms with Crippen LogP contribution in [-0.4, -0.2) is 23.6 Å². The zero-order valence-corrected chi connectivity index (χ0v) is 18.6. The summed E-state index contributed by atoms with van der Waals surface area (Å²) in [5.74, 6) is 0.165. The molecule has 2 N–H and O–H groups in total. The Kier molecular flexibility index (Phi) is 7.40. The first-order valence-corrected chi connectivity index (χ1v) is 11.4. The predicted octanol–water partition coefficient (Wildman–Crippen LogP) is 4.94. The maximum absolute atomic E-state index is 12.9. The highest BCUT2D eigenvalue weighted by molar-refractivity contribution is 5.77. The third-order valence-electron chi connectivity index (χ3n) is 6.24. The molecule has 1 aliphatic rings. The maximum Gasteiger partial charge on any atom is 0.341 e. The van der Waals surface area contributed by atoms with E-state index in [1.807, 2.05) is 72.8 Å². The van der Waals surface area contributed by atoms with Gasteiger partial charge >= 0.3 is 5.97 Å². The lowest BCUT2D eigenvalue weighted by Crippen LogP contribution is -2.30. The number of carbonyl (C=O) groups is 2. The number of amides is 1. The van der Waals surface area contributed by atoms with Crippen LogP contribution in [0, 0.1) is 5.92 Å². The number of carboxylic acid groups (broad SMARTS) is 1. The van der Waals surface area contributed by atoms with Crippen LogP contribution in [-0.2, 0) is 22.4 Å². The van der Waals surface area contributed by atoms with Crippen LogP contribution in [0.15, 0.2) is 78.9 Å². The largest absolute Gasteiger partial charge is 0.482 e. The summed E-state index contributed by atoms with van der Waals surface area (Å²) in [4.78, 5) is 23.7. The van der Waals surface area contributed by atoms with E-state index in [9.17, 15) is 9.59 Å². The molecule has 0 saturated carbocycles. The van der Waals surface area contributed by atoms with Crippen LogP contribution in [0.3, 0.4) is 0 Å². The van der Waals surface area contributed by atoms with Crippen LogP contribution in [0.5, 0.6) is 5.75 Å². The van der Waals surface area contributed by atoms with Crippen molar-refractivity contribution in [3.8, 4) is 5.75 Å². The first-order valence-electron chi connectivity index (χ1n) is 11.4. The van der Waals surface area contributed by atoms with Gasteiger partial charge in [0, 0.05) is 6.42 Å². The molecule has 1 atom stereocenters. The van der Waals surface area contributed by atoms with Crippen molar-refractivity contribution >= 4 is 11.9 Å². The Labute approximate surface area is 194 Å². The van der Waals surface area contributed by atoms with Gasteiger partial charge in [-0.05, 0) is 59.9 Å². The molecule has 5 heteroatoms. The Morgan fingerprint density at radius 2 is 1.61 bits per heavy atom. The van der Waals surface area contributed by atoms with Crippen molar-refractivity contribution in [2.24, 2.45) is 5.92 Å². The molecular formula is C28H29NO4. The van der Waals surface area contributed by atoms with Crippen molar-refractivity contribution in [3.05, 3.63) is 101 Å². The Balaban J connectivity index is 1.36. The van der Waals surface area contributed by atoms with E-state index in [0.29, 0.717) is 18.1 Å². The summed E-state index contributed by atoms with van der Waals surface area (Å²) >= 11 is 0. The number of hydrogen-bond donors (Lipinski definition) is 2. The zero-order valence-electron chi connectivity index (χ0n) is 18.6. The van der Waals surface area contributed by atoms with Gasteiger partial charge in [0.25, 0.3) is 0 Å². The SMILES string of the molecule is O=C(O)COc1cccc2c1CCC(CCC(=O)NC(c1ccccc1)c1ccccc1)C2. The molecule has 170 valence electrons. The normalized spacial score (nSPS) is 15.0. The molecule has 0 radical (unpaired) electrons. The molecule has 33 heavy (non-hydrogen) atoms. The molecule has 5 nitrogen and oxygen atoms in total. The number of carboxylic acids is 1. The minimum atomic E-state index is -0.975. The van der Waals surface area contributed by atoms with Gasteiger partial charge in [-0.1, -0.05) is 72.8 Å². The van der Waals surface area contributed by atoms with Gasteiger partial charge < -0.3 is 15.2 Å². The number of rotatable bonds is 9. The van der Waals surface area contributed by atoms with Gasteiger partial charge in [-0.3, -0.25) is 4.79 Å². The van der Waals surface area contributed by atoms with E-state index in [1.54, 1.807) is 0 Å². The van der Waals surface area contributed by atoms with Crippen LogP contribution >= 0.6 is 0 Å². The molecule has 4 rings (SSSR count). The van der Waals surface area contributed by atoms with Gasteiger partial charge in [0.2, 0.25) is 5.91 Å². The van der Waals surface area contributed by atoms with Crippen molar-refractivity contribution in [2.45, 2.75) is 38.1 Å². The van der Waals surface area contributed by atoms with Crippen molar-refractivity contribution in [2.75, 3.05) is 6.61 Å². The number of aliphatic carboxylic acids is 1. The van der Waals surface area contributed by atoms with Crippen LogP contribution in [0.25, 0.3) is 0 Å². The monoisotopic (exact) mass is 443 g/mol. The summed E-state index contributed by atoms with van der Waals surface area (Å²) in [6.45, 7) is -0.329.